The van der Waals surface area contributed by atoms with Crippen LogP contribution in [0.1, 0.15) is 44.9 Å². The largest absolute Gasteiger partial charge is 0.389 e. The number of nitrogens with two attached hydrogens (primary N) is 1. The normalized spacial score (nSPS) is 33.2. The number of hydrogen-bond donors (Lipinski definition) is 2. The van der Waals surface area contributed by atoms with Crippen molar-refractivity contribution in [1.29, 1.82) is 0 Å². The van der Waals surface area contributed by atoms with Gasteiger partial charge >= 0.3 is 6.18 Å². The highest BCUT2D eigenvalue weighted by Crippen LogP contribution is 2.39. The summed E-state index contributed by atoms with van der Waals surface area (Å²) in [7, 11) is 0. The van der Waals surface area contributed by atoms with Crippen molar-refractivity contribution < 1.29 is 18.0 Å². The highest BCUT2D eigenvalue weighted by molar-refractivity contribution is 5.85. The van der Waals surface area contributed by atoms with Crippen LogP contribution in [0.25, 0.3) is 0 Å². The minimum Gasteiger partial charge on any atom is -0.353 e. The zero-order chi connectivity index (χ0) is 14.0. The van der Waals surface area contributed by atoms with Crippen LogP contribution in [-0.4, -0.2) is 24.2 Å². The molecule has 0 aromatic heterocycles. The third-order valence-corrected chi connectivity index (χ3v) is 4.34. The molecule has 118 valence electrons. The van der Waals surface area contributed by atoms with Crippen LogP contribution in [0.15, 0.2) is 0 Å². The fourth-order valence-electron chi connectivity index (χ4n) is 3.54. The second-order valence-corrected chi connectivity index (χ2v) is 5.89. The number of carbonyl (C=O) groups is 1. The molecule has 0 heterocycles. The Hall–Kier alpha value is -0.490. The van der Waals surface area contributed by atoms with Crippen LogP contribution in [0.4, 0.5) is 13.2 Å². The Balaban J connectivity index is 0.00000200. The molecule has 0 aromatic carbocycles. The molecule has 2 bridgehead atoms. The van der Waals surface area contributed by atoms with Crippen LogP contribution in [0.3, 0.4) is 0 Å². The van der Waals surface area contributed by atoms with Crippen molar-refractivity contribution in [3.63, 3.8) is 0 Å². The lowest BCUT2D eigenvalue weighted by Gasteiger charge is -2.45. The molecule has 2 fully saturated rings. The van der Waals surface area contributed by atoms with E-state index in [0.717, 1.165) is 32.1 Å². The maximum absolute atomic E-state index is 12.1. The Kier molecular flexibility index (Phi) is 6.13. The van der Waals surface area contributed by atoms with Crippen molar-refractivity contribution in [2.75, 3.05) is 0 Å². The average molecular weight is 315 g/mol. The molecular formula is C13H22ClF3N2O. The first-order valence-corrected chi connectivity index (χ1v) is 6.97. The number of hydrogen-bond acceptors (Lipinski definition) is 2. The predicted octanol–water partition coefficient (Wildman–Crippen LogP) is 2.77. The van der Waals surface area contributed by atoms with Crippen molar-refractivity contribution in [3.8, 4) is 0 Å². The van der Waals surface area contributed by atoms with E-state index in [1.165, 1.54) is 0 Å². The molecule has 3 N–H and O–H groups in total. The first-order valence-electron chi connectivity index (χ1n) is 6.97. The SMILES string of the molecule is Cl.NC1CC2CCCC(C1)C2NC(=O)CCC(F)(F)F. The summed E-state index contributed by atoms with van der Waals surface area (Å²) >= 11 is 0. The van der Waals surface area contributed by atoms with E-state index in [2.05, 4.69) is 5.32 Å². The van der Waals surface area contributed by atoms with Gasteiger partial charge in [-0.3, -0.25) is 4.79 Å². The van der Waals surface area contributed by atoms with E-state index in [0.29, 0.717) is 11.8 Å². The number of amides is 1. The zero-order valence-corrected chi connectivity index (χ0v) is 12.1. The van der Waals surface area contributed by atoms with E-state index in [1.54, 1.807) is 0 Å². The number of nitrogens with one attached hydrogen (secondary N) is 1. The molecular weight excluding hydrogens is 293 g/mol. The molecule has 0 aliphatic heterocycles. The maximum Gasteiger partial charge on any atom is 0.389 e. The molecule has 2 aliphatic rings. The molecule has 0 saturated heterocycles. The van der Waals surface area contributed by atoms with Crippen molar-refractivity contribution in [2.45, 2.75) is 63.2 Å². The Morgan fingerprint density at radius 1 is 1.20 bits per heavy atom. The molecule has 3 nitrogen and oxygen atoms in total. The summed E-state index contributed by atoms with van der Waals surface area (Å²) in [5.74, 6) is 0.212. The van der Waals surface area contributed by atoms with Gasteiger partial charge in [0.25, 0.3) is 0 Å². The van der Waals surface area contributed by atoms with Gasteiger partial charge in [0, 0.05) is 18.5 Å². The van der Waals surface area contributed by atoms with Gasteiger partial charge in [0.2, 0.25) is 5.91 Å². The van der Waals surface area contributed by atoms with Gasteiger partial charge in [0.1, 0.15) is 0 Å². The molecule has 2 atom stereocenters. The molecule has 2 saturated carbocycles. The van der Waals surface area contributed by atoms with Crippen LogP contribution in [0.2, 0.25) is 0 Å². The van der Waals surface area contributed by atoms with Crippen LogP contribution in [0, 0.1) is 11.8 Å². The first-order chi connectivity index (χ1) is 8.85. The number of carbonyl (C=O) groups excluding carboxylic acids is 1. The second-order valence-electron chi connectivity index (χ2n) is 5.89. The highest BCUT2D eigenvalue weighted by atomic mass is 35.5. The minimum absolute atomic E-state index is 0. The van der Waals surface area contributed by atoms with E-state index >= 15 is 0 Å². The second kappa shape index (κ2) is 6.98. The van der Waals surface area contributed by atoms with E-state index < -0.39 is 24.9 Å². The third-order valence-electron chi connectivity index (χ3n) is 4.34. The molecule has 7 heteroatoms. The van der Waals surface area contributed by atoms with E-state index in [-0.39, 0.29) is 24.5 Å². The summed E-state index contributed by atoms with van der Waals surface area (Å²) in [5.41, 5.74) is 5.97. The highest BCUT2D eigenvalue weighted by Gasteiger charge is 2.40. The maximum atomic E-state index is 12.1. The number of halogens is 4. The van der Waals surface area contributed by atoms with Crippen LogP contribution in [-0.2, 0) is 4.79 Å². The quantitative estimate of drug-likeness (QED) is 0.841. The lowest BCUT2D eigenvalue weighted by Crippen LogP contribution is -2.53. The summed E-state index contributed by atoms with van der Waals surface area (Å²) in [6.07, 6.45) is -0.838. The molecule has 0 aromatic rings. The Morgan fingerprint density at radius 2 is 1.75 bits per heavy atom. The fourth-order valence-corrected chi connectivity index (χ4v) is 3.54. The lowest BCUT2D eigenvalue weighted by molar-refractivity contribution is -0.145. The number of alkyl halides is 3. The molecule has 20 heavy (non-hydrogen) atoms. The van der Waals surface area contributed by atoms with Crippen molar-refractivity contribution >= 4 is 18.3 Å². The summed E-state index contributed by atoms with van der Waals surface area (Å²) in [4.78, 5) is 11.6. The Bertz CT molecular complexity index is 324. The van der Waals surface area contributed by atoms with Gasteiger partial charge in [-0.2, -0.15) is 13.2 Å². The smallest absolute Gasteiger partial charge is 0.353 e. The minimum atomic E-state index is -4.26. The predicted molar refractivity (Wildman–Crippen MR) is 72.5 cm³/mol. The summed E-state index contributed by atoms with van der Waals surface area (Å²) in [6, 6.07) is 0.216. The molecule has 0 spiro atoms. The number of rotatable bonds is 3. The molecule has 2 rings (SSSR count). The van der Waals surface area contributed by atoms with Gasteiger partial charge in [-0.25, -0.2) is 0 Å². The Labute approximate surface area is 123 Å². The van der Waals surface area contributed by atoms with Crippen LogP contribution in [0.5, 0.6) is 0 Å². The van der Waals surface area contributed by atoms with Crippen molar-refractivity contribution in [3.05, 3.63) is 0 Å². The first kappa shape index (κ1) is 17.6. The van der Waals surface area contributed by atoms with Gasteiger partial charge in [-0.15, -0.1) is 12.4 Å². The van der Waals surface area contributed by atoms with E-state index in [4.69, 9.17) is 5.73 Å². The summed E-state index contributed by atoms with van der Waals surface area (Å²) in [6.45, 7) is 0. The lowest BCUT2D eigenvalue weighted by atomic mass is 9.67. The monoisotopic (exact) mass is 314 g/mol. The molecule has 2 unspecified atom stereocenters. The fraction of sp³-hybridized carbons (Fsp3) is 0.923. The summed E-state index contributed by atoms with van der Waals surface area (Å²) in [5, 5.41) is 2.82. The van der Waals surface area contributed by atoms with Gasteiger partial charge in [0.05, 0.1) is 6.42 Å². The van der Waals surface area contributed by atoms with Crippen LogP contribution < -0.4 is 11.1 Å². The van der Waals surface area contributed by atoms with Gasteiger partial charge < -0.3 is 11.1 Å². The molecule has 0 radical (unpaired) electrons. The van der Waals surface area contributed by atoms with E-state index in [9.17, 15) is 18.0 Å². The van der Waals surface area contributed by atoms with E-state index in [1.807, 2.05) is 0 Å². The number of fused-ring (bicyclic) bond motifs is 2. The molecule has 2 aliphatic carbocycles. The van der Waals surface area contributed by atoms with Crippen molar-refractivity contribution in [2.24, 2.45) is 17.6 Å². The molecule has 1 amide bonds. The van der Waals surface area contributed by atoms with Gasteiger partial charge in [-0.1, -0.05) is 6.42 Å². The van der Waals surface area contributed by atoms with Gasteiger partial charge in [-0.05, 0) is 37.5 Å². The third kappa shape index (κ3) is 4.81. The summed E-state index contributed by atoms with van der Waals surface area (Å²) < 4.78 is 36.2. The topological polar surface area (TPSA) is 55.1 Å². The zero-order valence-electron chi connectivity index (χ0n) is 11.3. The Morgan fingerprint density at radius 3 is 2.25 bits per heavy atom. The van der Waals surface area contributed by atoms with Gasteiger partial charge in [0.15, 0.2) is 0 Å². The average Bonchev–Trinajstić information content (AvgIpc) is 2.27. The van der Waals surface area contributed by atoms with Crippen molar-refractivity contribution in [1.82, 2.24) is 5.32 Å². The standard InChI is InChI=1S/C13H21F3N2O.ClH/c14-13(15,16)5-4-11(19)18-12-8-2-1-3-9(12)7-10(17)6-8;/h8-10,12H,1-7,17H2,(H,18,19);1H. The van der Waals surface area contributed by atoms with Crippen LogP contribution >= 0.6 is 12.4 Å².